The molecule has 0 spiro atoms. The standard InChI is InChI=1S/C18H29N3O2S.HI/c1-4-19-18(21-14(2)10-11-24(3,22)23)20-13-15-8-9-16-6-5-7-17(16)12-15;/h8-9,12,14H,4-7,10-11,13H2,1-3H3,(H2,19,20,21);1H. The maximum absolute atomic E-state index is 11.3. The molecule has 142 valence electrons. The summed E-state index contributed by atoms with van der Waals surface area (Å²) in [5.74, 6) is 0.921. The van der Waals surface area contributed by atoms with Crippen LogP contribution in [0.1, 0.15) is 43.4 Å². The van der Waals surface area contributed by atoms with E-state index in [4.69, 9.17) is 0 Å². The predicted octanol–water partition coefficient (Wildman–Crippen LogP) is 2.67. The van der Waals surface area contributed by atoms with Crippen molar-refractivity contribution in [2.75, 3.05) is 18.6 Å². The summed E-state index contributed by atoms with van der Waals surface area (Å²) in [7, 11) is -2.93. The Morgan fingerprint density at radius 3 is 2.68 bits per heavy atom. The smallest absolute Gasteiger partial charge is 0.191 e. The number of hydrogen-bond donors (Lipinski definition) is 2. The van der Waals surface area contributed by atoms with Gasteiger partial charge in [0.15, 0.2) is 5.96 Å². The van der Waals surface area contributed by atoms with Crippen LogP contribution in [0.15, 0.2) is 23.2 Å². The van der Waals surface area contributed by atoms with E-state index in [0.717, 1.165) is 12.5 Å². The average Bonchev–Trinajstić information content (AvgIpc) is 2.98. The molecule has 0 saturated heterocycles. The maximum atomic E-state index is 11.3. The van der Waals surface area contributed by atoms with Crippen LogP contribution in [0.5, 0.6) is 0 Å². The normalized spacial score (nSPS) is 15.2. The monoisotopic (exact) mass is 479 g/mol. The molecule has 1 aliphatic rings. The summed E-state index contributed by atoms with van der Waals surface area (Å²) < 4.78 is 22.6. The summed E-state index contributed by atoms with van der Waals surface area (Å²) in [6.45, 7) is 5.40. The van der Waals surface area contributed by atoms with Gasteiger partial charge in [0.25, 0.3) is 0 Å². The lowest BCUT2D eigenvalue weighted by Crippen LogP contribution is -2.42. The lowest BCUT2D eigenvalue weighted by molar-refractivity contribution is 0.581. The highest BCUT2D eigenvalue weighted by Gasteiger charge is 2.11. The van der Waals surface area contributed by atoms with Gasteiger partial charge in [-0.05, 0) is 56.2 Å². The van der Waals surface area contributed by atoms with Crippen molar-refractivity contribution in [2.45, 2.75) is 52.1 Å². The van der Waals surface area contributed by atoms with Crippen molar-refractivity contribution in [3.63, 3.8) is 0 Å². The van der Waals surface area contributed by atoms with E-state index in [-0.39, 0.29) is 35.8 Å². The second-order valence-electron chi connectivity index (χ2n) is 6.62. The molecular formula is C18H30IN3O2S. The second-order valence-corrected chi connectivity index (χ2v) is 8.88. The first kappa shape index (κ1) is 22.2. The van der Waals surface area contributed by atoms with Crippen LogP contribution in [-0.4, -0.2) is 39.0 Å². The van der Waals surface area contributed by atoms with Gasteiger partial charge >= 0.3 is 0 Å². The van der Waals surface area contributed by atoms with Crippen molar-refractivity contribution in [1.82, 2.24) is 10.6 Å². The van der Waals surface area contributed by atoms with E-state index >= 15 is 0 Å². The molecule has 7 heteroatoms. The van der Waals surface area contributed by atoms with Crippen LogP contribution in [0.3, 0.4) is 0 Å². The summed E-state index contributed by atoms with van der Waals surface area (Å²) >= 11 is 0. The number of aryl methyl sites for hydroxylation is 2. The number of fused-ring (bicyclic) bond motifs is 1. The number of benzene rings is 1. The number of nitrogens with one attached hydrogen (secondary N) is 2. The Morgan fingerprint density at radius 2 is 2.00 bits per heavy atom. The van der Waals surface area contributed by atoms with Crippen LogP contribution < -0.4 is 10.6 Å². The molecule has 0 amide bonds. The Hall–Kier alpha value is -0.830. The minimum absolute atomic E-state index is 0. The Bertz CT molecular complexity index is 690. The Morgan fingerprint density at radius 1 is 1.28 bits per heavy atom. The molecule has 1 aromatic carbocycles. The van der Waals surface area contributed by atoms with E-state index in [1.54, 1.807) is 0 Å². The lowest BCUT2D eigenvalue weighted by Gasteiger charge is -2.17. The third-order valence-corrected chi connectivity index (χ3v) is 5.21. The largest absolute Gasteiger partial charge is 0.357 e. The first-order chi connectivity index (χ1) is 11.4. The maximum Gasteiger partial charge on any atom is 0.191 e. The van der Waals surface area contributed by atoms with E-state index in [1.807, 2.05) is 13.8 Å². The van der Waals surface area contributed by atoms with Crippen molar-refractivity contribution in [3.05, 3.63) is 34.9 Å². The molecule has 1 unspecified atom stereocenters. The minimum atomic E-state index is -2.93. The fraction of sp³-hybridized carbons (Fsp3) is 0.611. The van der Waals surface area contributed by atoms with Crippen LogP contribution in [0, 0.1) is 0 Å². The van der Waals surface area contributed by atoms with Gasteiger partial charge in [0.1, 0.15) is 9.84 Å². The first-order valence-corrected chi connectivity index (χ1v) is 10.8. The molecule has 0 radical (unpaired) electrons. The van der Waals surface area contributed by atoms with Crippen molar-refractivity contribution in [1.29, 1.82) is 0 Å². The number of sulfone groups is 1. The second kappa shape index (κ2) is 10.4. The van der Waals surface area contributed by atoms with Crippen LogP contribution in [0.2, 0.25) is 0 Å². The summed E-state index contributed by atoms with van der Waals surface area (Å²) in [6.07, 6.45) is 5.47. The van der Waals surface area contributed by atoms with E-state index in [0.29, 0.717) is 13.0 Å². The Balaban J connectivity index is 0.00000312. The predicted molar refractivity (Wildman–Crippen MR) is 116 cm³/mol. The average molecular weight is 479 g/mol. The molecule has 25 heavy (non-hydrogen) atoms. The Kier molecular flexibility index (Phi) is 9.20. The third-order valence-electron chi connectivity index (χ3n) is 4.23. The summed E-state index contributed by atoms with van der Waals surface area (Å²) in [6, 6.07) is 6.70. The van der Waals surface area contributed by atoms with Gasteiger partial charge in [-0.25, -0.2) is 13.4 Å². The zero-order chi connectivity index (χ0) is 17.6. The quantitative estimate of drug-likeness (QED) is 0.359. The van der Waals surface area contributed by atoms with Gasteiger partial charge in [0.2, 0.25) is 0 Å². The highest BCUT2D eigenvalue weighted by atomic mass is 127. The van der Waals surface area contributed by atoms with Gasteiger partial charge < -0.3 is 10.6 Å². The zero-order valence-corrected chi connectivity index (χ0v) is 18.5. The molecule has 0 heterocycles. The van der Waals surface area contributed by atoms with Gasteiger partial charge in [-0.3, -0.25) is 0 Å². The number of guanidine groups is 1. The third kappa shape index (κ3) is 7.94. The Labute approximate surface area is 169 Å². The van der Waals surface area contributed by atoms with Gasteiger partial charge in [-0.1, -0.05) is 18.2 Å². The van der Waals surface area contributed by atoms with E-state index in [1.165, 1.54) is 42.2 Å². The van der Waals surface area contributed by atoms with Crippen molar-refractivity contribution >= 4 is 39.8 Å². The highest BCUT2D eigenvalue weighted by Crippen LogP contribution is 2.23. The van der Waals surface area contributed by atoms with Crippen LogP contribution in [-0.2, 0) is 29.2 Å². The highest BCUT2D eigenvalue weighted by molar-refractivity contribution is 14.0. The molecule has 0 aromatic heterocycles. The van der Waals surface area contributed by atoms with Crippen LogP contribution in [0.4, 0.5) is 0 Å². The van der Waals surface area contributed by atoms with Crippen molar-refractivity contribution in [3.8, 4) is 0 Å². The van der Waals surface area contributed by atoms with Gasteiger partial charge in [0.05, 0.1) is 12.3 Å². The van der Waals surface area contributed by atoms with Gasteiger partial charge in [-0.15, -0.1) is 24.0 Å². The number of halogens is 1. The first-order valence-electron chi connectivity index (χ1n) is 8.70. The molecule has 1 aromatic rings. The van der Waals surface area contributed by atoms with Crippen LogP contribution in [0.25, 0.3) is 0 Å². The molecule has 1 atom stereocenters. The van der Waals surface area contributed by atoms with Crippen LogP contribution >= 0.6 is 24.0 Å². The summed E-state index contributed by atoms with van der Waals surface area (Å²) in [5, 5.41) is 6.51. The van der Waals surface area contributed by atoms with E-state index in [9.17, 15) is 8.42 Å². The number of hydrogen-bond acceptors (Lipinski definition) is 3. The number of nitrogens with zero attached hydrogens (tertiary/aromatic N) is 1. The van der Waals surface area contributed by atoms with Gasteiger partial charge in [-0.2, -0.15) is 0 Å². The van der Waals surface area contributed by atoms with Crippen molar-refractivity contribution < 1.29 is 8.42 Å². The fourth-order valence-corrected chi connectivity index (χ4v) is 3.69. The SMILES string of the molecule is CCNC(=NCc1ccc2c(c1)CCC2)NC(C)CCS(C)(=O)=O.I. The minimum Gasteiger partial charge on any atom is -0.357 e. The lowest BCUT2D eigenvalue weighted by atomic mass is 10.1. The van der Waals surface area contributed by atoms with E-state index in [2.05, 4.69) is 33.8 Å². The van der Waals surface area contributed by atoms with Gasteiger partial charge in [0, 0.05) is 18.8 Å². The topological polar surface area (TPSA) is 70.6 Å². The number of aliphatic imine (C=N–C) groups is 1. The molecule has 0 saturated carbocycles. The molecule has 0 aliphatic heterocycles. The molecule has 2 rings (SSSR count). The van der Waals surface area contributed by atoms with E-state index < -0.39 is 9.84 Å². The zero-order valence-electron chi connectivity index (χ0n) is 15.3. The summed E-state index contributed by atoms with van der Waals surface area (Å²) in [4.78, 5) is 4.64. The molecule has 0 fully saturated rings. The molecule has 2 N–H and O–H groups in total. The number of rotatable bonds is 7. The fourth-order valence-electron chi connectivity index (χ4n) is 2.91. The van der Waals surface area contributed by atoms with Crippen molar-refractivity contribution in [2.24, 2.45) is 4.99 Å². The molecular weight excluding hydrogens is 449 g/mol. The summed E-state index contributed by atoms with van der Waals surface area (Å²) in [5.41, 5.74) is 4.15. The molecule has 5 nitrogen and oxygen atoms in total. The molecule has 0 bridgehead atoms. The molecule has 1 aliphatic carbocycles.